The third kappa shape index (κ3) is 6.28. The van der Waals surface area contributed by atoms with Gasteiger partial charge in [-0.05, 0) is 48.0 Å². The number of hydrogen-bond acceptors (Lipinski definition) is 7. The predicted molar refractivity (Wildman–Crippen MR) is 148 cm³/mol. The van der Waals surface area contributed by atoms with E-state index in [-0.39, 0.29) is 41.8 Å². The first-order valence-corrected chi connectivity index (χ1v) is 13.9. The van der Waals surface area contributed by atoms with E-state index in [0.29, 0.717) is 17.0 Å². The number of ether oxygens (including phenoxy) is 2. The van der Waals surface area contributed by atoms with Crippen LogP contribution in [0.3, 0.4) is 0 Å². The summed E-state index contributed by atoms with van der Waals surface area (Å²) >= 11 is 6.28. The van der Waals surface area contributed by atoms with E-state index < -0.39 is 27.9 Å². The van der Waals surface area contributed by atoms with Gasteiger partial charge in [0.25, 0.3) is 11.8 Å². The van der Waals surface area contributed by atoms with Gasteiger partial charge >= 0.3 is 0 Å². The van der Waals surface area contributed by atoms with Crippen molar-refractivity contribution in [3.05, 3.63) is 88.9 Å². The molecule has 2 amide bonds. The number of nitrogens with one attached hydrogen (secondary N) is 1. The van der Waals surface area contributed by atoms with Gasteiger partial charge in [-0.3, -0.25) is 14.8 Å². The number of nitrogens with zero attached hydrogens (tertiary/aromatic N) is 2. The third-order valence-electron chi connectivity index (χ3n) is 6.16. The standard InChI is InChI=1S/C28H26ClN3O7S/c1-38-16-6-7-17-39-21-12-14-22(15-13-21)40(36,37)32-18-20-8-2-5-11-25(20)31(19-26(32)27(33)30-35)28(34)23-9-3-4-10-24(23)29/h2-5,8-15,26,35H,16-19H2,1H3,(H,30,33). The minimum absolute atomic E-state index is 0.0897. The lowest BCUT2D eigenvalue weighted by Crippen LogP contribution is -2.53. The van der Waals surface area contributed by atoms with Gasteiger partial charge in [-0.25, -0.2) is 13.9 Å². The summed E-state index contributed by atoms with van der Waals surface area (Å²) in [5, 5.41) is 9.73. The second-order valence-electron chi connectivity index (χ2n) is 8.61. The fourth-order valence-electron chi connectivity index (χ4n) is 4.20. The number of rotatable bonds is 7. The Hall–Kier alpha value is -3.92. The Balaban J connectivity index is 1.70. The van der Waals surface area contributed by atoms with Crippen molar-refractivity contribution in [2.24, 2.45) is 0 Å². The minimum Gasteiger partial charge on any atom is -0.481 e. The molecule has 1 atom stereocenters. The van der Waals surface area contributed by atoms with Crippen molar-refractivity contribution >= 4 is 39.1 Å². The highest BCUT2D eigenvalue weighted by Crippen LogP contribution is 2.33. The Bertz CT molecular complexity index is 1550. The number of amides is 2. The Morgan fingerprint density at radius 1 is 1.02 bits per heavy atom. The molecule has 0 radical (unpaired) electrons. The number of para-hydroxylation sites is 1. The molecule has 1 aliphatic heterocycles. The number of anilines is 1. The van der Waals surface area contributed by atoms with Crippen LogP contribution >= 0.6 is 11.6 Å². The molecule has 1 unspecified atom stereocenters. The average molecular weight is 584 g/mol. The second kappa shape index (κ2) is 13.0. The molecule has 3 aromatic carbocycles. The van der Waals surface area contributed by atoms with Gasteiger partial charge in [0.05, 0.1) is 22.0 Å². The van der Waals surface area contributed by atoms with Crippen molar-refractivity contribution in [3.63, 3.8) is 0 Å². The number of benzene rings is 3. The Kier molecular flexibility index (Phi) is 9.42. The highest BCUT2D eigenvalue weighted by molar-refractivity contribution is 7.89. The SMILES string of the molecule is COCC#CCOc1ccc(S(=O)(=O)N2Cc3ccccc3N(C(=O)c3ccccc3Cl)CC2C(=O)NO)cc1. The molecule has 2 N–H and O–H groups in total. The number of halogens is 1. The van der Waals surface area contributed by atoms with Crippen LogP contribution in [0.25, 0.3) is 0 Å². The smallest absolute Gasteiger partial charge is 0.263 e. The monoisotopic (exact) mass is 583 g/mol. The zero-order chi connectivity index (χ0) is 28.7. The summed E-state index contributed by atoms with van der Waals surface area (Å²) in [6.45, 7) is -0.264. The number of carbonyl (C=O) groups excluding carboxylic acids is 2. The molecule has 1 heterocycles. The van der Waals surface area contributed by atoms with E-state index in [2.05, 4.69) is 11.8 Å². The maximum Gasteiger partial charge on any atom is 0.263 e. The van der Waals surface area contributed by atoms with Crippen LogP contribution in [0.15, 0.2) is 77.7 Å². The van der Waals surface area contributed by atoms with Gasteiger partial charge in [0, 0.05) is 19.3 Å². The summed E-state index contributed by atoms with van der Waals surface area (Å²) in [4.78, 5) is 27.7. The minimum atomic E-state index is -4.31. The van der Waals surface area contributed by atoms with E-state index in [1.807, 2.05) is 0 Å². The second-order valence-corrected chi connectivity index (χ2v) is 10.9. The van der Waals surface area contributed by atoms with Gasteiger partial charge in [0.2, 0.25) is 10.0 Å². The van der Waals surface area contributed by atoms with E-state index in [0.717, 1.165) is 4.31 Å². The van der Waals surface area contributed by atoms with Crippen LogP contribution in [0.4, 0.5) is 5.69 Å². The normalized spacial score (nSPS) is 15.3. The molecule has 0 aromatic heterocycles. The fourth-order valence-corrected chi connectivity index (χ4v) is 5.97. The van der Waals surface area contributed by atoms with Crippen LogP contribution in [0.1, 0.15) is 15.9 Å². The quantitative estimate of drug-likeness (QED) is 0.249. The molecule has 1 aliphatic rings. The predicted octanol–water partition coefficient (Wildman–Crippen LogP) is 3.09. The number of carbonyl (C=O) groups is 2. The summed E-state index contributed by atoms with van der Waals surface area (Å²) < 4.78 is 39.1. The van der Waals surface area contributed by atoms with Gasteiger partial charge in [-0.1, -0.05) is 53.8 Å². The summed E-state index contributed by atoms with van der Waals surface area (Å²) in [6, 6.07) is 17.4. The van der Waals surface area contributed by atoms with Gasteiger partial charge < -0.3 is 14.4 Å². The number of fused-ring (bicyclic) bond motifs is 1. The zero-order valence-corrected chi connectivity index (χ0v) is 23.0. The van der Waals surface area contributed by atoms with E-state index in [1.54, 1.807) is 54.0 Å². The number of sulfonamides is 1. The van der Waals surface area contributed by atoms with Crippen molar-refractivity contribution < 1.29 is 32.7 Å². The molecular formula is C28H26ClN3O7S. The third-order valence-corrected chi connectivity index (χ3v) is 8.36. The molecule has 3 aromatic rings. The lowest BCUT2D eigenvalue weighted by molar-refractivity contribution is -0.133. The molecule has 10 nitrogen and oxygen atoms in total. The highest BCUT2D eigenvalue weighted by atomic mass is 35.5. The molecule has 0 saturated carbocycles. The summed E-state index contributed by atoms with van der Waals surface area (Å²) in [7, 11) is -2.78. The van der Waals surface area contributed by atoms with Crippen LogP contribution in [0.5, 0.6) is 5.75 Å². The van der Waals surface area contributed by atoms with E-state index in [1.165, 1.54) is 36.3 Å². The Morgan fingerprint density at radius 3 is 2.40 bits per heavy atom. The first kappa shape index (κ1) is 29.1. The molecule has 0 spiro atoms. The zero-order valence-electron chi connectivity index (χ0n) is 21.4. The molecule has 40 heavy (non-hydrogen) atoms. The summed E-state index contributed by atoms with van der Waals surface area (Å²) in [5.74, 6) is 4.39. The number of hydrogen-bond donors (Lipinski definition) is 2. The Labute approximate surface area is 237 Å². The highest BCUT2D eigenvalue weighted by Gasteiger charge is 2.41. The number of methoxy groups -OCH3 is 1. The van der Waals surface area contributed by atoms with Gasteiger partial charge in [0.1, 0.15) is 25.0 Å². The molecule has 208 valence electrons. The molecule has 0 aliphatic carbocycles. The number of hydroxylamine groups is 1. The lowest BCUT2D eigenvalue weighted by atomic mass is 10.1. The first-order valence-electron chi connectivity index (χ1n) is 12.1. The van der Waals surface area contributed by atoms with Crippen molar-refractivity contribution in [2.75, 3.05) is 31.8 Å². The van der Waals surface area contributed by atoms with Crippen LogP contribution in [-0.2, 0) is 26.1 Å². The Morgan fingerprint density at radius 2 is 1.70 bits per heavy atom. The molecule has 12 heteroatoms. The van der Waals surface area contributed by atoms with Crippen molar-refractivity contribution in [2.45, 2.75) is 17.5 Å². The van der Waals surface area contributed by atoms with Crippen LogP contribution in [0, 0.1) is 11.8 Å². The lowest BCUT2D eigenvalue weighted by Gasteiger charge is -2.29. The summed E-state index contributed by atoms with van der Waals surface area (Å²) in [6.07, 6.45) is 0. The average Bonchev–Trinajstić information content (AvgIpc) is 3.15. The van der Waals surface area contributed by atoms with Crippen molar-refractivity contribution in [1.82, 2.24) is 9.79 Å². The van der Waals surface area contributed by atoms with Gasteiger partial charge in [-0.15, -0.1) is 0 Å². The molecule has 4 rings (SSSR count). The fraction of sp³-hybridized carbons (Fsp3) is 0.214. The summed E-state index contributed by atoms with van der Waals surface area (Å²) in [5.41, 5.74) is 2.63. The van der Waals surface area contributed by atoms with Crippen LogP contribution < -0.4 is 15.1 Å². The maximum absolute atomic E-state index is 13.9. The topological polar surface area (TPSA) is 125 Å². The van der Waals surface area contributed by atoms with Crippen LogP contribution in [-0.4, -0.2) is 62.7 Å². The van der Waals surface area contributed by atoms with Gasteiger partial charge in [-0.2, -0.15) is 4.31 Å². The van der Waals surface area contributed by atoms with Gasteiger partial charge in [0.15, 0.2) is 0 Å². The van der Waals surface area contributed by atoms with E-state index in [9.17, 15) is 23.2 Å². The first-order chi connectivity index (χ1) is 19.3. The van der Waals surface area contributed by atoms with E-state index >= 15 is 0 Å². The van der Waals surface area contributed by atoms with Crippen molar-refractivity contribution in [1.29, 1.82) is 0 Å². The maximum atomic E-state index is 13.9. The largest absolute Gasteiger partial charge is 0.481 e. The molecule has 0 fully saturated rings. The van der Waals surface area contributed by atoms with E-state index in [4.69, 9.17) is 21.1 Å². The molecule has 0 bridgehead atoms. The molecular weight excluding hydrogens is 558 g/mol. The van der Waals surface area contributed by atoms with Crippen molar-refractivity contribution in [3.8, 4) is 17.6 Å². The van der Waals surface area contributed by atoms with Crippen LogP contribution in [0.2, 0.25) is 5.02 Å². The molecule has 0 saturated heterocycles.